The Labute approximate surface area is 342 Å². The first-order valence-corrected chi connectivity index (χ1v) is 21.0. The maximum absolute atomic E-state index is 6.99. The van der Waals surface area contributed by atoms with E-state index in [0.29, 0.717) is 5.82 Å². The molecule has 0 unspecified atom stereocenters. The summed E-state index contributed by atoms with van der Waals surface area (Å²) in [4.78, 5) is 10.8. The molecule has 0 saturated heterocycles. The summed E-state index contributed by atoms with van der Waals surface area (Å²) in [6, 6.07) is 56.8. The number of nitrogens with zero attached hydrogens (tertiary/aromatic N) is 3. The highest BCUT2D eigenvalue weighted by Gasteiger charge is 2.23. The maximum atomic E-state index is 6.99. The Balaban J connectivity index is 1.06. The zero-order chi connectivity index (χ0) is 38.6. The van der Waals surface area contributed by atoms with Gasteiger partial charge >= 0.3 is 0 Å². The third-order valence-electron chi connectivity index (χ3n) is 12.3. The van der Waals surface area contributed by atoms with Gasteiger partial charge < -0.3 is 8.98 Å². The first-order chi connectivity index (χ1) is 29.3. The van der Waals surface area contributed by atoms with Crippen LogP contribution >= 0.6 is 11.3 Å². The van der Waals surface area contributed by atoms with Crippen LogP contribution < -0.4 is 0 Å². The Morgan fingerprint density at radius 3 is 1.98 bits per heavy atom. The van der Waals surface area contributed by atoms with E-state index >= 15 is 0 Å². The van der Waals surface area contributed by atoms with Gasteiger partial charge in [-0.05, 0) is 75.9 Å². The Morgan fingerprint density at radius 2 is 1.24 bits per heavy atom. The second kappa shape index (κ2) is 12.6. The zero-order valence-corrected chi connectivity index (χ0v) is 32.6. The highest BCUT2D eigenvalue weighted by Crippen LogP contribution is 2.45. The van der Waals surface area contributed by atoms with E-state index in [1.165, 1.54) is 48.2 Å². The van der Waals surface area contributed by atoms with Crippen molar-refractivity contribution in [2.45, 2.75) is 12.8 Å². The molecule has 1 aliphatic rings. The van der Waals surface area contributed by atoms with Crippen molar-refractivity contribution in [3.05, 3.63) is 182 Å². The first kappa shape index (κ1) is 32.7. The van der Waals surface area contributed by atoms with Gasteiger partial charge in [0.1, 0.15) is 5.58 Å². The van der Waals surface area contributed by atoms with Crippen molar-refractivity contribution in [1.29, 1.82) is 0 Å². The molecule has 0 amide bonds. The molecule has 276 valence electrons. The van der Waals surface area contributed by atoms with Crippen molar-refractivity contribution in [1.82, 2.24) is 14.5 Å². The quantitative estimate of drug-likeness (QED) is 0.179. The molecule has 4 aromatic heterocycles. The van der Waals surface area contributed by atoms with Crippen LogP contribution in [0, 0.1) is 0 Å². The van der Waals surface area contributed by atoms with Gasteiger partial charge in [-0.25, -0.2) is 9.97 Å². The molecule has 0 bridgehead atoms. The highest BCUT2D eigenvalue weighted by atomic mass is 32.1. The molecule has 5 heteroatoms. The molecular formula is C54H33N3OS. The lowest BCUT2D eigenvalue weighted by atomic mass is 9.96. The van der Waals surface area contributed by atoms with Gasteiger partial charge in [0.05, 0.1) is 32.6 Å². The van der Waals surface area contributed by atoms with E-state index in [1.54, 1.807) is 11.3 Å². The number of benzene rings is 8. The third kappa shape index (κ3) is 4.83. The number of para-hydroxylation sites is 1. The molecule has 4 nitrogen and oxygen atoms in total. The van der Waals surface area contributed by atoms with Crippen molar-refractivity contribution in [3.8, 4) is 28.3 Å². The van der Waals surface area contributed by atoms with Gasteiger partial charge in [0.25, 0.3) is 0 Å². The third-order valence-corrected chi connectivity index (χ3v) is 13.5. The fourth-order valence-electron chi connectivity index (χ4n) is 9.60. The van der Waals surface area contributed by atoms with Crippen LogP contribution in [0.5, 0.6) is 0 Å². The monoisotopic (exact) mass is 771 g/mol. The molecule has 59 heavy (non-hydrogen) atoms. The lowest BCUT2D eigenvalue weighted by molar-refractivity contribution is 0.666. The van der Waals surface area contributed by atoms with Gasteiger partial charge in [0.2, 0.25) is 0 Å². The van der Waals surface area contributed by atoms with E-state index < -0.39 is 0 Å². The van der Waals surface area contributed by atoms with Crippen molar-refractivity contribution in [2.75, 3.05) is 0 Å². The minimum Gasteiger partial charge on any atom is -0.454 e. The van der Waals surface area contributed by atoms with Crippen molar-refractivity contribution < 1.29 is 4.42 Å². The SMILES string of the molecule is C1=CCCC(c2ccc(-c3nc(-c4cccc5oc6c(-n7c8ccc9ccccc9c8c8c9ccccc9ccc87)cccc6c45)nc4c3sc3ccccc34)cc2)=C1. The minimum atomic E-state index is 0.689. The number of allylic oxidation sites excluding steroid dienone is 4. The topological polar surface area (TPSA) is 43.9 Å². The smallest absolute Gasteiger partial charge is 0.161 e. The van der Waals surface area contributed by atoms with E-state index in [9.17, 15) is 0 Å². The number of hydrogen-bond donors (Lipinski definition) is 0. The van der Waals surface area contributed by atoms with Crippen molar-refractivity contribution in [2.24, 2.45) is 0 Å². The summed E-state index contributed by atoms with van der Waals surface area (Å²) in [5.74, 6) is 0.689. The second-order valence-electron chi connectivity index (χ2n) is 15.5. The summed E-state index contributed by atoms with van der Waals surface area (Å²) in [6.45, 7) is 0. The number of fused-ring (bicyclic) bond motifs is 13. The average Bonchev–Trinajstić information content (AvgIpc) is 3.99. The summed E-state index contributed by atoms with van der Waals surface area (Å²) < 4.78 is 11.7. The van der Waals surface area contributed by atoms with Crippen LogP contribution in [0.3, 0.4) is 0 Å². The molecule has 0 N–H and O–H groups in total. The van der Waals surface area contributed by atoms with Gasteiger partial charge in [0, 0.05) is 42.8 Å². The molecule has 0 aliphatic heterocycles. The van der Waals surface area contributed by atoms with Crippen molar-refractivity contribution >= 4 is 103 Å². The van der Waals surface area contributed by atoms with Crippen LogP contribution in [0.2, 0.25) is 0 Å². The predicted octanol–water partition coefficient (Wildman–Crippen LogP) is 15.2. The number of rotatable bonds is 4. The number of thiophene rings is 1. The second-order valence-corrected chi connectivity index (χ2v) is 16.6. The van der Waals surface area contributed by atoms with Crippen molar-refractivity contribution in [3.63, 3.8) is 0 Å². The van der Waals surface area contributed by atoms with Gasteiger partial charge in [-0.15, -0.1) is 11.3 Å². The lowest BCUT2D eigenvalue weighted by Gasteiger charge is -2.11. The predicted molar refractivity (Wildman–Crippen MR) is 249 cm³/mol. The number of hydrogen-bond acceptors (Lipinski definition) is 4. The summed E-state index contributed by atoms with van der Waals surface area (Å²) >= 11 is 1.76. The molecule has 1 aliphatic carbocycles. The Bertz CT molecular complexity index is 3690. The molecule has 12 aromatic rings. The van der Waals surface area contributed by atoms with Crippen LogP contribution in [-0.4, -0.2) is 14.5 Å². The van der Waals surface area contributed by atoms with Gasteiger partial charge in [-0.3, -0.25) is 0 Å². The van der Waals surface area contributed by atoms with E-state index in [4.69, 9.17) is 14.4 Å². The molecule has 0 radical (unpaired) electrons. The van der Waals surface area contributed by atoms with Crippen LogP contribution in [0.4, 0.5) is 0 Å². The Kier molecular flexibility index (Phi) is 6.97. The molecule has 0 spiro atoms. The summed E-state index contributed by atoms with van der Waals surface area (Å²) in [6.07, 6.45) is 8.77. The largest absolute Gasteiger partial charge is 0.454 e. The Hall–Kier alpha value is -7.34. The Morgan fingerprint density at radius 1 is 0.559 bits per heavy atom. The number of furan rings is 1. The summed E-state index contributed by atoms with van der Waals surface area (Å²) in [5, 5.41) is 10.6. The first-order valence-electron chi connectivity index (χ1n) is 20.2. The average molecular weight is 772 g/mol. The fourth-order valence-corrected chi connectivity index (χ4v) is 10.7. The summed E-state index contributed by atoms with van der Waals surface area (Å²) in [7, 11) is 0. The summed E-state index contributed by atoms with van der Waals surface area (Å²) in [5.41, 5.74) is 11.5. The fraction of sp³-hybridized carbons (Fsp3) is 0.0370. The molecule has 13 rings (SSSR count). The standard InChI is InChI=1S/C54H33N3OS/c1-2-12-32(13-3-1)33-24-26-36(27-25-33)50-53-51(39-18-8-9-23-46(39)59-53)56-54(55-50)41-20-11-22-45-47(41)40-19-10-21-44(52(40)58-45)57-42-30-28-34-14-4-6-16-37(34)48(42)49-38-17-7-5-15-35(38)29-31-43(49)57/h1-2,4-12,14-31H,3,13H2. The molecule has 8 aromatic carbocycles. The molecule has 4 heterocycles. The van der Waals surface area contributed by atoms with E-state index in [1.807, 2.05) is 0 Å². The minimum absolute atomic E-state index is 0.689. The van der Waals surface area contributed by atoms with Crippen LogP contribution in [0.15, 0.2) is 180 Å². The van der Waals surface area contributed by atoms with Crippen LogP contribution in [0.25, 0.3) is 119 Å². The molecule has 0 atom stereocenters. The number of aromatic nitrogens is 3. The maximum Gasteiger partial charge on any atom is 0.161 e. The molecule has 0 fully saturated rings. The van der Waals surface area contributed by atoms with Gasteiger partial charge in [0.15, 0.2) is 11.4 Å². The lowest BCUT2D eigenvalue weighted by Crippen LogP contribution is -1.95. The van der Waals surface area contributed by atoms with E-state index in [0.717, 1.165) is 83.9 Å². The van der Waals surface area contributed by atoms with E-state index in [-0.39, 0.29) is 0 Å². The molecular weight excluding hydrogens is 739 g/mol. The zero-order valence-electron chi connectivity index (χ0n) is 31.8. The highest BCUT2D eigenvalue weighted by molar-refractivity contribution is 7.26. The van der Waals surface area contributed by atoms with Crippen LogP contribution in [-0.2, 0) is 0 Å². The normalized spacial score (nSPS) is 13.3. The molecule has 0 saturated carbocycles. The van der Waals surface area contributed by atoms with E-state index in [2.05, 4.69) is 181 Å². The van der Waals surface area contributed by atoms with Crippen LogP contribution in [0.1, 0.15) is 18.4 Å². The van der Waals surface area contributed by atoms with Gasteiger partial charge in [-0.2, -0.15) is 0 Å². The van der Waals surface area contributed by atoms with Gasteiger partial charge in [-0.1, -0.05) is 146 Å².